The average Bonchev–Trinajstić information content (AvgIpc) is 3.01. The molecular formula is C11H18N4. The molecule has 0 unspecified atom stereocenters. The quantitative estimate of drug-likeness (QED) is 0.798. The molecule has 1 aromatic rings. The molecule has 0 aromatic carbocycles. The number of aromatic amines is 1. The number of anilines is 2. The molecule has 0 bridgehead atoms. The molecule has 3 heterocycles. The van der Waals surface area contributed by atoms with E-state index in [1.165, 1.54) is 63.4 Å². The Balaban J connectivity index is 1.84. The number of nitrogens with one attached hydrogen (secondary N) is 1. The lowest BCUT2D eigenvalue weighted by Gasteiger charge is -2.22. The first-order chi connectivity index (χ1) is 7.45. The van der Waals surface area contributed by atoms with Crippen LogP contribution in [0.3, 0.4) is 0 Å². The summed E-state index contributed by atoms with van der Waals surface area (Å²) in [6.07, 6.45) is 7.27. The third-order valence-electron chi connectivity index (χ3n) is 3.47. The zero-order chi connectivity index (χ0) is 10.1. The SMILES string of the molecule is c1n[nH]c(N2CCCC2)c1N1CCCC1. The normalized spacial score (nSPS) is 21.6. The molecule has 4 heteroatoms. The first-order valence-corrected chi connectivity index (χ1v) is 5.98. The van der Waals surface area contributed by atoms with Gasteiger partial charge in [-0.3, -0.25) is 5.10 Å². The van der Waals surface area contributed by atoms with Gasteiger partial charge in [-0.2, -0.15) is 5.10 Å². The highest BCUT2D eigenvalue weighted by atomic mass is 15.3. The predicted molar refractivity (Wildman–Crippen MR) is 61.5 cm³/mol. The lowest BCUT2D eigenvalue weighted by Crippen LogP contribution is -2.24. The molecule has 0 radical (unpaired) electrons. The third-order valence-corrected chi connectivity index (χ3v) is 3.47. The Hall–Kier alpha value is -1.19. The topological polar surface area (TPSA) is 35.2 Å². The standard InChI is InChI=1S/C11H18N4/c1-2-6-14(5-1)10-9-12-13-11(10)15-7-3-4-8-15/h9H,1-8H2,(H,12,13). The first kappa shape index (κ1) is 9.07. The Kier molecular flexibility index (Phi) is 2.27. The number of H-pyrrole nitrogens is 1. The van der Waals surface area contributed by atoms with E-state index in [0.29, 0.717) is 0 Å². The van der Waals surface area contributed by atoms with Gasteiger partial charge in [-0.15, -0.1) is 0 Å². The number of rotatable bonds is 2. The molecule has 0 aliphatic carbocycles. The summed E-state index contributed by atoms with van der Waals surface area (Å²) in [6.45, 7) is 4.76. The summed E-state index contributed by atoms with van der Waals surface area (Å²) in [5.74, 6) is 1.24. The van der Waals surface area contributed by atoms with E-state index in [1.54, 1.807) is 0 Å². The van der Waals surface area contributed by atoms with E-state index in [4.69, 9.17) is 0 Å². The van der Waals surface area contributed by atoms with Gasteiger partial charge in [0.15, 0.2) is 0 Å². The van der Waals surface area contributed by atoms with E-state index >= 15 is 0 Å². The van der Waals surface area contributed by atoms with E-state index in [-0.39, 0.29) is 0 Å². The molecule has 3 rings (SSSR count). The molecule has 15 heavy (non-hydrogen) atoms. The molecule has 0 atom stereocenters. The Morgan fingerprint density at radius 2 is 1.53 bits per heavy atom. The van der Waals surface area contributed by atoms with Crippen LogP contribution in [0.2, 0.25) is 0 Å². The fraction of sp³-hybridized carbons (Fsp3) is 0.727. The summed E-state index contributed by atoms with van der Waals surface area (Å²) in [5, 5.41) is 7.36. The van der Waals surface area contributed by atoms with Crippen LogP contribution >= 0.6 is 0 Å². The molecule has 1 aromatic heterocycles. The van der Waals surface area contributed by atoms with Crippen LogP contribution in [-0.4, -0.2) is 36.4 Å². The predicted octanol–water partition coefficient (Wildman–Crippen LogP) is 1.61. The van der Waals surface area contributed by atoms with Crippen molar-refractivity contribution >= 4 is 11.5 Å². The fourth-order valence-corrected chi connectivity index (χ4v) is 2.64. The minimum Gasteiger partial charge on any atom is -0.367 e. The van der Waals surface area contributed by atoms with Crippen molar-refractivity contribution in [3.8, 4) is 0 Å². The average molecular weight is 206 g/mol. The van der Waals surface area contributed by atoms with Gasteiger partial charge in [-0.05, 0) is 25.7 Å². The lowest BCUT2D eigenvalue weighted by molar-refractivity contribution is 0.904. The molecule has 0 amide bonds. The smallest absolute Gasteiger partial charge is 0.148 e. The van der Waals surface area contributed by atoms with Crippen LogP contribution in [0.15, 0.2) is 6.20 Å². The Labute approximate surface area is 90.3 Å². The maximum absolute atomic E-state index is 4.20. The van der Waals surface area contributed by atoms with Crippen molar-refractivity contribution in [3.05, 3.63) is 6.20 Å². The summed E-state index contributed by atoms with van der Waals surface area (Å²) >= 11 is 0. The van der Waals surface area contributed by atoms with Crippen LogP contribution in [0, 0.1) is 0 Å². The van der Waals surface area contributed by atoms with Crippen LogP contribution in [0.1, 0.15) is 25.7 Å². The first-order valence-electron chi connectivity index (χ1n) is 5.98. The van der Waals surface area contributed by atoms with Crippen LogP contribution in [0.4, 0.5) is 11.5 Å². The zero-order valence-electron chi connectivity index (χ0n) is 9.08. The molecule has 2 fully saturated rings. The van der Waals surface area contributed by atoms with E-state index < -0.39 is 0 Å². The molecule has 0 spiro atoms. The molecule has 1 N–H and O–H groups in total. The largest absolute Gasteiger partial charge is 0.367 e. The number of hydrogen-bond acceptors (Lipinski definition) is 3. The Morgan fingerprint density at radius 3 is 2.20 bits per heavy atom. The van der Waals surface area contributed by atoms with Gasteiger partial charge in [0.25, 0.3) is 0 Å². The number of aromatic nitrogens is 2. The second-order valence-corrected chi connectivity index (χ2v) is 4.49. The Bertz CT molecular complexity index is 291. The summed E-state index contributed by atoms with van der Waals surface area (Å²) in [5.41, 5.74) is 1.31. The summed E-state index contributed by atoms with van der Waals surface area (Å²) in [4.78, 5) is 4.89. The second-order valence-electron chi connectivity index (χ2n) is 4.49. The minimum atomic E-state index is 1.18. The van der Waals surface area contributed by atoms with Gasteiger partial charge >= 0.3 is 0 Å². The Morgan fingerprint density at radius 1 is 0.933 bits per heavy atom. The number of hydrogen-bond donors (Lipinski definition) is 1. The zero-order valence-corrected chi connectivity index (χ0v) is 9.08. The highest BCUT2D eigenvalue weighted by Crippen LogP contribution is 2.31. The van der Waals surface area contributed by atoms with E-state index in [0.717, 1.165) is 0 Å². The van der Waals surface area contributed by atoms with Gasteiger partial charge < -0.3 is 9.80 Å². The molecule has 0 saturated carbocycles. The minimum absolute atomic E-state index is 1.18. The van der Waals surface area contributed by atoms with Gasteiger partial charge in [0.2, 0.25) is 0 Å². The van der Waals surface area contributed by atoms with E-state index in [1.807, 2.05) is 6.20 Å². The van der Waals surface area contributed by atoms with Gasteiger partial charge in [0, 0.05) is 26.2 Å². The van der Waals surface area contributed by atoms with Crippen LogP contribution < -0.4 is 9.80 Å². The van der Waals surface area contributed by atoms with Crippen molar-refractivity contribution < 1.29 is 0 Å². The van der Waals surface area contributed by atoms with Gasteiger partial charge in [-0.25, -0.2) is 0 Å². The van der Waals surface area contributed by atoms with Crippen LogP contribution in [0.25, 0.3) is 0 Å². The third kappa shape index (κ3) is 1.58. The maximum atomic E-state index is 4.20. The maximum Gasteiger partial charge on any atom is 0.148 e. The van der Waals surface area contributed by atoms with Crippen molar-refractivity contribution in [3.63, 3.8) is 0 Å². The second kappa shape index (κ2) is 3.76. The fourth-order valence-electron chi connectivity index (χ4n) is 2.64. The van der Waals surface area contributed by atoms with Gasteiger partial charge in [0.1, 0.15) is 5.82 Å². The van der Waals surface area contributed by atoms with Crippen molar-refractivity contribution in [2.24, 2.45) is 0 Å². The van der Waals surface area contributed by atoms with Gasteiger partial charge in [-0.1, -0.05) is 0 Å². The summed E-state index contributed by atoms with van der Waals surface area (Å²) in [6, 6.07) is 0. The molecule has 2 saturated heterocycles. The van der Waals surface area contributed by atoms with E-state index in [9.17, 15) is 0 Å². The van der Waals surface area contributed by atoms with E-state index in [2.05, 4.69) is 20.0 Å². The molecular weight excluding hydrogens is 188 g/mol. The highest BCUT2D eigenvalue weighted by molar-refractivity contribution is 5.66. The number of nitrogens with zero attached hydrogens (tertiary/aromatic N) is 3. The monoisotopic (exact) mass is 206 g/mol. The van der Waals surface area contributed by atoms with Crippen molar-refractivity contribution in [1.29, 1.82) is 0 Å². The summed E-state index contributed by atoms with van der Waals surface area (Å²) < 4.78 is 0. The molecule has 2 aliphatic rings. The molecule has 4 nitrogen and oxygen atoms in total. The van der Waals surface area contributed by atoms with Crippen LogP contribution in [0.5, 0.6) is 0 Å². The van der Waals surface area contributed by atoms with Gasteiger partial charge in [0.05, 0.1) is 11.9 Å². The van der Waals surface area contributed by atoms with Crippen molar-refractivity contribution in [2.45, 2.75) is 25.7 Å². The molecule has 2 aliphatic heterocycles. The highest BCUT2D eigenvalue weighted by Gasteiger charge is 2.22. The van der Waals surface area contributed by atoms with Crippen LogP contribution in [-0.2, 0) is 0 Å². The lowest BCUT2D eigenvalue weighted by atomic mass is 10.4. The van der Waals surface area contributed by atoms with Crippen molar-refractivity contribution in [1.82, 2.24) is 10.2 Å². The molecule has 82 valence electrons. The summed E-state index contributed by atoms with van der Waals surface area (Å²) in [7, 11) is 0. The van der Waals surface area contributed by atoms with Crippen molar-refractivity contribution in [2.75, 3.05) is 36.0 Å².